The van der Waals surface area contributed by atoms with E-state index in [2.05, 4.69) is 43.8 Å². The number of aromatic nitrogens is 1. The number of pyridine rings is 1. The molecule has 2 rings (SSSR count). The summed E-state index contributed by atoms with van der Waals surface area (Å²) in [5, 5.41) is 0.0306. The highest BCUT2D eigenvalue weighted by Crippen LogP contribution is 2.36. The van der Waals surface area contributed by atoms with Crippen LogP contribution in [0, 0.1) is 11.6 Å². The Hall–Kier alpha value is -0.460. The molecule has 1 aromatic carbocycles. The molecule has 2 aromatic rings. The summed E-state index contributed by atoms with van der Waals surface area (Å²) in [5.41, 5.74) is 1.51. The summed E-state index contributed by atoms with van der Waals surface area (Å²) in [5.74, 6) is -0.207. The van der Waals surface area contributed by atoms with Gasteiger partial charge in [0, 0.05) is 10.5 Å². The van der Waals surface area contributed by atoms with Gasteiger partial charge in [-0.25, -0.2) is 13.8 Å². The molecule has 0 fully saturated rings. The molecule has 0 saturated carbocycles. The zero-order chi connectivity index (χ0) is 15.4. The number of halogens is 4. The molecule has 0 saturated heterocycles. The van der Waals surface area contributed by atoms with E-state index < -0.39 is 11.6 Å². The van der Waals surface area contributed by atoms with Crippen LogP contribution in [0.1, 0.15) is 23.4 Å². The van der Waals surface area contributed by atoms with Crippen LogP contribution in [0.5, 0.6) is 0 Å². The van der Waals surface area contributed by atoms with Crippen molar-refractivity contribution < 1.29 is 8.78 Å². The second kappa shape index (κ2) is 7.70. The number of hydrogen-bond acceptors (Lipinski definition) is 2. The summed E-state index contributed by atoms with van der Waals surface area (Å²) >= 11 is 8.56. The second-order valence-corrected chi connectivity index (χ2v) is 7.57. The zero-order valence-electron chi connectivity index (χ0n) is 11.2. The fraction of sp³-hybridized carbons (Fsp3) is 0.267. The minimum Gasteiger partial charge on any atom is -0.244 e. The first kappa shape index (κ1) is 16.9. The molecule has 6 heteroatoms. The summed E-state index contributed by atoms with van der Waals surface area (Å²) in [4.78, 5) is 4.49. The first-order valence-electron chi connectivity index (χ1n) is 6.38. The van der Waals surface area contributed by atoms with E-state index in [4.69, 9.17) is 0 Å². The minimum atomic E-state index is -0.550. The molecule has 112 valence electrons. The number of benzene rings is 1. The molecule has 0 aliphatic carbocycles. The van der Waals surface area contributed by atoms with Gasteiger partial charge in [0.05, 0.1) is 10.9 Å². The van der Waals surface area contributed by atoms with Crippen molar-refractivity contribution in [2.45, 2.75) is 18.6 Å². The molecule has 21 heavy (non-hydrogen) atoms. The Balaban J connectivity index is 2.32. The van der Waals surface area contributed by atoms with E-state index in [0.29, 0.717) is 12.0 Å². The van der Waals surface area contributed by atoms with Gasteiger partial charge in [0.1, 0.15) is 16.2 Å². The molecule has 0 amide bonds. The number of rotatable bonds is 5. The molecule has 0 N–H and O–H groups in total. The molecular formula is C15H13Br2F2NS. The van der Waals surface area contributed by atoms with E-state index in [0.717, 1.165) is 26.6 Å². The number of nitrogens with zero attached hydrogens (tertiary/aromatic N) is 1. The highest BCUT2D eigenvalue weighted by atomic mass is 79.9. The van der Waals surface area contributed by atoms with Gasteiger partial charge in [-0.1, -0.05) is 6.92 Å². The van der Waals surface area contributed by atoms with Gasteiger partial charge in [0.2, 0.25) is 0 Å². The van der Waals surface area contributed by atoms with Crippen molar-refractivity contribution in [3.05, 3.63) is 62.3 Å². The molecule has 1 heterocycles. The Morgan fingerprint density at radius 3 is 2.43 bits per heavy atom. The molecular weight excluding hydrogens is 424 g/mol. The average molecular weight is 437 g/mol. The Kier molecular flexibility index (Phi) is 6.20. The maximum atomic E-state index is 13.3. The first-order chi connectivity index (χ1) is 9.99. The van der Waals surface area contributed by atoms with Gasteiger partial charge in [-0.15, -0.1) is 0 Å². The van der Waals surface area contributed by atoms with Crippen LogP contribution in [0.25, 0.3) is 0 Å². The van der Waals surface area contributed by atoms with Crippen LogP contribution in [-0.2, 0) is 6.42 Å². The minimum absolute atomic E-state index is 0.0306. The van der Waals surface area contributed by atoms with E-state index >= 15 is 0 Å². The highest BCUT2D eigenvalue weighted by Gasteiger charge is 2.18. The third kappa shape index (κ3) is 4.76. The average Bonchev–Trinajstić information content (AvgIpc) is 2.40. The van der Waals surface area contributed by atoms with Gasteiger partial charge >= 0.3 is 0 Å². The molecule has 0 spiro atoms. The molecule has 1 aromatic heterocycles. The van der Waals surface area contributed by atoms with Gasteiger partial charge in [-0.3, -0.25) is 0 Å². The standard InChI is InChI=1S/C15H13Br2F2NS/c1-2-21-13(15-12(16)3-4-14(17)20-15)7-9-5-10(18)8-11(19)6-9/h3-6,8,13H,2,7H2,1H3. The van der Waals surface area contributed by atoms with Crippen molar-refractivity contribution in [1.82, 2.24) is 4.98 Å². The summed E-state index contributed by atoms with van der Waals surface area (Å²) in [6.45, 7) is 2.05. The lowest BCUT2D eigenvalue weighted by Crippen LogP contribution is -2.04. The Morgan fingerprint density at radius 1 is 1.14 bits per heavy atom. The quantitative estimate of drug-likeness (QED) is 0.539. The largest absolute Gasteiger partial charge is 0.244 e. The van der Waals surface area contributed by atoms with Gasteiger partial charge in [-0.05, 0) is 73.9 Å². The van der Waals surface area contributed by atoms with Gasteiger partial charge < -0.3 is 0 Å². The molecule has 1 nitrogen and oxygen atoms in total. The van der Waals surface area contributed by atoms with Crippen molar-refractivity contribution in [2.75, 3.05) is 5.75 Å². The summed E-state index contributed by atoms with van der Waals surface area (Å²) < 4.78 is 28.3. The Morgan fingerprint density at radius 2 is 1.81 bits per heavy atom. The number of hydrogen-bond donors (Lipinski definition) is 0. The van der Waals surface area contributed by atoms with Crippen molar-refractivity contribution in [2.24, 2.45) is 0 Å². The van der Waals surface area contributed by atoms with Crippen LogP contribution in [0.4, 0.5) is 8.78 Å². The highest BCUT2D eigenvalue weighted by molar-refractivity contribution is 9.11. The third-order valence-electron chi connectivity index (χ3n) is 2.86. The lowest BCUT2D eigenvalue weighted by Gasteiger charge is -2.17. The lowest BCUT2D eigenvalue weighted by atomic mass is 10.1. The lowest BCUT2D eigenvalue weighted by molar-refractivity contribution is 0.579. The molecule has 1 unspecified atom stereocenters. The summed E-state index contributed by atoms with van der Waals surface area (Å²) in [7, 11) is 0. The van der Waals surface area contributed by atoms with Crippen LogP contribution in [0.15, 0.2) is 39.4 Å². The van der Waals surface area contributed by atoms with E-state index in [1.165, 1.54) is 12.1 Å². The smallest absolute Gasteiger partial charge is 0.126 e. The fourth-order valence-corrected chi connectivity index (χ4v) is 4.06. The molecule has 0 bridgehead atoms. The van der Waals surface area contributed by atoms with E-state index in [-0.39, 0.29) is 5.25 Å². The predicted octanol–water partition coefficient (Wildman–Crippen LogP) is 5.92. The van der Waals surface area contributed by atoms with Crippen LogP contribution >= 0.6 is 43.6 Å². The van der Waals surface area contributed by atoms with Gasteiger partial charge in [0.15, 0.2) is 0 Å². The first-order valence-corrected chi connectivity index (χ1v) is 9.01. The number of thioether (sulfide) groups is 1. The summed E-state index contributed by atoms with van der Waals surface area (Å²) in [6.07, 6.45) is 0.523. The van der Waals surface area contributed by atoms with E-state index in [1.54, 1.807) is 11.8 Å². The fourth-order valence-electron chi connectivity index (χ4n) is 2.04. The van der Waals surface area contributed by atoms with E-state index in [1.807, 2.05) is 12.1 Å². The second-order valence-electron chi connectivity index (χ2n) is 4.43. The van der Waals surface area contributed by atoms with Crippen LogP contribution in [-0.4, -0.2) is 10.7 Å². The molecule has 1 atom stereocenters. The maximum Gasteiger partial charge on any atom is 0.126 e. The van der Waals surface area contributed by atoms with Crippen LogP contribution in [0.2, 0.25) is 0 Å². The molecule has 0 aliphatic rings. The predicted molar refractivity (Wildman–Crippen MR) is 90.6 cm³/mol. The van der Waals surface area contributed by atoms with Crippen LogP contribution in [0.3, 0.4) is 0 Å². The zero-order valence-corrected chi connectivity index (χ0v) is 15.2. The summed E-state index contributed by atoms with van der Waals surface area (Å²) in [6, 6.07) is 7.40. The third-order valence-corrected chi connectivity index (χ3v) is 5.09. The molecule has 0 radical (unpaired) electrons. The molecule has 0 aliphatic heterocycles. The van der Waals surface area contributed by atoms with Crippen molar-refractivity contribution in [3.8, 4) is 0 Å². The maximum absolute atomic E-state index is 13.3. The monoisotopic (exact) mass is 435 g/mol. The van der Waals surface area contributed by atoms with E-state index in [9.17, 15) is 8.78 Å². The topological polar surface area (TPSA) is 12.9 Å². The Labute approximate surface area is 143 Å². The van der Waals surface area contributed by atoms with Crippen molar-refractivity contribution >= 4 is 43.6 Å². The Bertz CT molecular complexity index is 617. The van der Waals surface area contributed by atoms with Crippen LogP contribution < -0.4 is 0 Å². The van der Waals surface area contributed by atoms with Crippen molar-refractivity contribution in [3.63, 3.8) is 0 Å². The van der Waals surface area contributed by atoms with Gasteiger partial charge in [-0.2, -0.15) is 11.8 Å². The normalized spacial score (nSPS) is 12.4. The SMILES string of the molecule is CCSC(Cc1cc(F)cc(F)c1)c1nc(Br)ccc1Br. The van der Waals surface area contributed by atoms with Gasteiger partial charge in [0.25, 0.3) is 0 Å². The van der Waals surface area contributed by atoms with Crippen molar-refractivity contribution in [1.29, 1.82) is 0 Å².